The van der Waals surface area contributed by atoms with Gasteiger partial charge in [0.25, 0.3) is 0 Å². The van der Waals surface area contributed by atoms with E-state index in [0.29, 0.717) is 12.0 Å². The van der Waals surface area contributed by atoms with E-state index in [1.165, 1.54) is 11.1 Å². The molecule has 0 bridgehead atoms. The minimum Gasteiger partial charge on any atom is -0.339 e. The van der Waals surface area contributed by atoms with Crippen molar-refractivity contribution >= 4 is 5.91 Å². The van der Waals surface area contributed by atoms with Crippen molar-refractivity contribution in [3.05, 3.63) is 35.4 Å². The molecule has 116 valence electrons. The molecule has 4 nitrogen and oxygen atoms in total. The van der Waals surface area contributed by atoms with Crippen LogP contribution in [-0.4, -0.2) is 48.4 Å². The smallest absolute Gasteiger partial charge is 0.236 e. The summed E-state index contributed by atoms with van der Waals surface area (Å²) in [5, 5.41) is 0. The van der Waals surface area contributed by atoms with Crippen LogP contribution in [0.15, 0.2) is 24.3 Å². The molecule has 1 unspecified atom stereocenters. The maximum absolute atomic E-state index is 11.6. The number of piperazine rings is 1. The zero-order valence-corrected chi connectivity index (χ0v) is 13.4. The van der Waals surface area contributed by atoms with E-state index in [0.717, 1.165) is 26.2 Å². The molecule has 2 rings (SSSR count). The Bertz CT molecular complexity index is 461. The van der Waals surface area contributed by atoms with Gasteiger partial charge in [0.05, 0.1) is 6.54 Å². The fourth-order valence-electron chi connectivity index (χ4n) is 2.86. The van der Waals surface area contributed by atoms with Crippen LogP contribution >= 0.6 is 0 Å². The number of carbonyl (C=O) groups is 1. The molecule has 1 aliphatic heterocycles. The average Bonchev–Trinajstić information content (AvgIpc) is 2.53. The number of nitrogens with zero attached hydrogens (tertiary/aromatic N) is 2. The molecule has 0 saturated carbocycles. The maximum atomic E-state index is 11.6. The van der Waals surface area contributed by atoms with E-state index in [1.807, 2.05) is 4.90 Å². The summed E-state index contributed by atoms with van der Waals surface area (Å²) in [6.45, 7) is 10.2. The normalized spacial score (nSPS) is 18.0. The first-order chi connectivity index (χ1) is 10.0. The van der Waals surface area contributed by atoms with E-state index in [4.69, 9.17) is 5.73 Å². The van der Waals surface area contributed by atoms with Crippen LogP contribution in [0.2, 0.25) is 0 Å². The Balaban J connectivity index is 1.95. The summed E-state index contributed by atoms with van der Waals surface area (Å²) in [6, 6.07) is 9.31. The summed E-state index contributed by atoms with van der Waals surface area (Å²) in [6.07, 6.45) is 0. The number of hydrogen-bond donors (Lipinski definition) is 1. The highest BCUT2D eigenvalue weighted by Gasteiger charge is 2.24. The Kier molecular flexibility index (Phi) is 5.37. The van der Waals surface area contributed by atoms with Crippen LogP contribution in [0.4, 0.5) is 0 Å². The molecular weight excluding hydrogens is 262 g/mol. The van der Waals surface area contributed by atoms with Gasteiger partial charge in [-0.1, -0.05) is 38.1 Å². The van der Waals surface area contributed by atoms with Gasteiger partial charge in [-0.2, -0.15) is 0 Å². The van der Waals surface area contributed by atoms with E-state index < -0.39 is 0 Å². The van der Waals surface area contributed by atoms with Gasteiger partial charge in [-0.3, -0.25) is 9.69 Å². The highest BCUT2D eigenvalue weighted by molar-refractivity contribution is 5.78. The van der Waals surface area contributed by atoms with Crippen molar-refractivity contribution in [2.45, 2.75) is 32.7 Å². The lowest BCUT2D eigenvalue weighted by molar-refractivity contribution is -0.131. The third kappa shape index (κ3) is 3.83. The fourth-order valence-corrected chi connectivity index (χ4v) is 2.86. The molecule has 1 heterocycles. The van der Waals surface area contributed by atoms with E-state index in [-0.39, 0.29) is 12.5 Å². The molecule has 0 spiro atoms. The topological polar surface area (TPSA) is 49.6 Å². The number of benzene rings is 1. The van der Waals surface area contributed by atoms with Gasteiger partial charge >= 0.3 is 0 Å². The minimum atomic E-state index is 0.0589. The first-order valence-corrected chi connectivity index (χ1v) is 7.84. The average molecular weight is 289 g/mol. The fraction of sp³-hybridized carbons (Fsp3) is 0.588. The predicted octanol–water partition coefficient (Wildman–Crippen LogP) is 1.97. The van der Waals surface area contributed by atoms with Gasteiger partial charge in [0.2, 0.25) is 5.91 Å². The lowest BCUT2D eigenvalue weighted by atomic mass is 9.99. The third-order valence-electron chi connectivity index (χ3n) is 4.47. The number of rotatable bonds is 4. The van der Waals surface area contributed by atoms with E-state index in [1.54, 1.807) is 0 Å². The van der Waals surface area contributed by atoms with Crippen molar-refractivity contribution in [2.75, 3.05) is 32.7 Å². The van der Waals surface area contributed by atoms with Crippen LogP contribution in [-0.2, 0) is 4.79 Å². The predicted molar refractivity (Wildman–Crippen MR) is 86.2 cm³/mol. The van der Waals surface area contributed by atoms with Crippen LogP contribution in [0, 0.1) is 0 Å². The zero-order chi connectivity index (χ0) is 15.4. The monoisotopic (exact) mass is 289 g/mol. The van der Waals surface area contributed by atoms with Gasteiger partial charge in [0.15, 0.2) is 0 Å². The maximum Gasteiger partial charge on any atom is 0.236 e. The first kappa shape index (κ1) is 16.0. The van der Waals surface area contributed by atoms with Crippen molar-refractivity contribution < 1.29 is 4.79 Å². The van der Waals surface area contributed by atoms with Crippen LogP contribution in [0.3, 0.4) is 0 Å². The molecule has 1 fully saturated rings. The molecule has 1 aromatic rings. The van der Waals surface area contributed by atoms with E-state index >= 15 is 0 Å². The Hall–Kier alpha value is -1.39. The Morgan fingerprint density at radius 2 is 1.57 bits per heavy atom. The lowest BCUT2D eigenvalue weighted by Crippen LogP contribution is -2.50. The number of nitrogens with two attached hydrogens (primary N) is 1. The second kappa shape index (κ2) is 7.05. The largest absolute Gasteiger partial charge is 0.339 e. The van der Waals surface area contributed by atoms with Crippen molar-refractivity contribution in [1.82, 2.24) is 9.80 Å². The Morgan fingerprint density at radius 3 is 2.05 bits per heavy atom. The quantitative estimate of drug-likeness (QED) is 0.922. The molecule has 1 saturated heterocycles. The van der Waals surface area contributed by atoms with Crippen LogP contribution in [0.25, 0.3) is 0 Å². The van der Waals surface area contributed by atoms with Crippen molar-refractivity contribution in [2.24, 2.45) is 5.73 Å². The van der Waals surface area contributed by atoms with Crippen LogP contribution in [0.5, 0.6) is 0 Å². The first-order valence-electron chi connectivity index (χ1n) is 7.84. The van der Waals surface area contributed by atoms with Gasteiger partial charge in [-0.25, -0.2) is 0 Å². The van der Waals surface area contributed by atoms with Gasteiger partial charge in [0, 0.05) is 32.2 Å². The molecule has 1 atom stereocenters. The summed E-state index contributed by atoms with van der Waals surface area (Å²) in [4.78, 5) is 15.9. The van der Waals surface area contributed by atoms with Gasteiger partial charge in [0.1, 0.15) is 0 Å². The highest BCUT2D eigenvalue weighted by Crippen LogP contribution is 2.23. The van der Waals surface area contributed by atoms with Crippen molar-refractivity contribution in [3.63, 3.8) is 0 Å². The van der Waals surface area contributed by atoms with Gasteiger partial charge in [-0.15, -0.1) is 0 Å². The van der Waals surface area contributed by atoms with E-state index in [9.17, 15) is 4.79 Å². The Labute approximate surface area is 127 Å². The highest BCUT2D eigenvalue weighted by atomic mass is 16.2. The Morgan fingerprint density at radius 1 is 1.05 bits per heavy atom. The lowest BCUT2D eigenvalue weighted by Gasteiger charge is -2.38. The van der Waals surface area contributed by atoms with Crippen LogP contribution < -0.4 is 5.73 Å². The molecule has 1 aliphatic rings. The molecule has 4 heteroatoms. The van der Waals surface area contributed by atoms with Crippen molar-refractivity contribution in [3.8, 4) is 0 Å². The molecule has 0 aromatic heterocycles. The SMILES string of the molecule is CC(C)c1ccc(C(C)N2CCN(C(=O)CN)CC2)cc1. The second-order valence-electron chi connectivity index (χ2n) is 6.12. The molecule has 2 N–H and O–H groups in total. The van der Waals surface area contributed by atoms with Gasteiger partial charge < -0.3 is 10.6 Å². The van der Waals surface area contributed by atoms with Crippen molar-refractivity contribution in [1.29, 1.82) is 0 Å². The zero-order valence-electron chi connectivity index (χ0n) is 13.4. The summed E-state index contributed by atoms with van der Waals surface area (Å²) in [5.41, 5.74) is 8.15. The molecule has 1 aromatic carbocycles. The summed E-state index contributed by atoms with van der Waals surface area (Å²) >= 11 is 0. The molecule has 0 radical (unpaired) electrons. The molecule has 1 amide bonds. The van der Waals surface area contributed by atoms with E-state index in [2.05, 4.69) is 49.9 Å². The molecule has 21 heavy (non-hydrogen) atoms. The third-order valence-corrected chi connectivity index (χ3v) is 4.47. The summed E-state index contributed by atoms with van der Waals surface area (Å²) in [7, 11) is 0. The molecular formula is C17H27N3O. The number of hydrogen-bond acceptors (Lipinski definition) is 3. The van der Waals surface area contributed by atoms with Crippen LogP contribution in [0.1, 0.15) is 43.9 Å². The van der Waals surface area contributed by atoms with Gasteiger partial charge in [-0.05, 0) is 24.0 Å². The summed E-state index contributed by atoms with van der Waals surface area (Å²) in [5.74, 6) is 0.628. The minimum absolute atomic E-state index is 0.0589. The standard InChI is InChI=1S/C17H27N3O/c1-13(2)15-4-6-16(7-5-15)14(3)19-8-10-20(11-9-19)17(21)12-18/h4-7,13-14H,8-12,18H2,1-3H3. The second-order valence-corrected chi connectivity index (χ2v) is 6.12. The number of amides is 1. The number of carbonyl (C=O) groups excluding carboxylic acids is 1. The molecule has 0 aliphatic carbocycles. The summed E-state index contributed by atoms with van der Waals surface area (Å²) < 4.78 is 0.